The Morgan fingerprint density at radius 3 is 2.40 bits per heavy atom. The SMILES string of the molecule is Cc1cc(C#N)cc(C)c1Oc1nc(NC2CCN(Cc3ccc(C(N)=O)cc3)CC2)ncc1-c1ccncc1. The van der Waals surface area contributed by atoms with Gasteiger partial charge in [0, 0.05) is 49.8 Å². The van der Waals surface area contributed by atoms with Crippen LogP contribution in [-0.4, -0.2) is 44.9 Å². The first-order valence-corrected chi connectivity index (χ1v) is 13.2. The fraction of sp³-hybridized carbons (Fsp3) is 0.258. The van der Waals surface area contributed by atoms with E-state index in [1.165, 1.54) is 0 Å². The number of hydrogen-bond acceptors (Lipinski definition) is 8. The Balaban J connectivity index is 1.30. The van der Waals surface area contributed by atoms with E-state index in [4.69, 9.17) is 15.5 Å². The molecule has 0 spiro atoms. The first-order valence-electron chi connectivity index (χ1n) is 13.2. The highest BCUT2D eigenvalue weighted by atomic mass is 16.5. The second-order valence-electron chi connectivity index (χ2n) is 10.1. The molecule has 1 aliphatic heterocycles. The van der Waals surface area contributed by atoms with Gasteiger partial charge in [0.2, 0.25) is 17.7 Å². The Kier molecular flexibility index (Phi) is 7.99. The number of rotatable bonds is 8. The zero-order chi connectivity index (χ0) is 28.1. The van der Waals surface area contributed by atoms with Gasteiger partial charge in [-0.1, -0.05) is 12.1 Å². The zero-order valence-corrected chi connectivity index (χ0v) is 22.6. The molecule has 9 nitrogen and oxygen atoms in total. The Labute approximate surface area is 233 Å². The lowest BCUT2D eigenvalue weighted by Gasteiger charge is -2.32. The second-order valence-corrected chi connectivity index (χ2v) is 10.1. The lowest BCUT2D eigenvalue weighted by Crippen LogP contribution is -2.39. The van der Waals surface area contributed by atoms with Crippen LogP contribution in [0.15, 0.2) is 67.1 Å². The van der Waals surface area contributed by atoms with Crippen molar-refractivity contribution >= 4 is 11.9 Å². The summed E-state index contributed by atoms with van der Waals surface area (Å²) in [4.78, 5) is 27.2. The quantitative estimate of drug-likeness (QED) is 0.324. The van der Waals surface area contributed by atoms with E-state index in [-0.39, 0.29) is 6.04 Å². The largest absolute Gasteiger partial charge is 0.438 e. The maximum atomic E-state index is 11.3. The minimum atomic E-state index is -0.412. The van der Waals surface area contributed by atoms with Crippen LogP contribution in [0.4, 0.5) is 5.95 Å². The van der Waals surface area contributed by atoms with E-state index in [1.54, 1.807) is 30.7 Å². The van der Waals surface area contributed by atoms with Crippen molar-refractivity contribution in [1.29, 1.82) is 5.26 Å². The number of nitrogens with one attached hydrogen (secondary N) is 1. The molecule has 5 rings (SSSR count). The molecule has 40 heavy (non-hydrogen) atoms. The lowest BCUT2D eigenvalue weighted by atomic mass is 10.0. The van der Waals surface area contributed by atoms with Crippen LogP contribution in [0.2, 0.25) is 0 Å². The summed E-state index contributed by atoms with van der Waals surface area (Å²) in [6, 6.07) is 17.3. The van der Waals surface area contributed by atoms with Gasteiger partial charge in [0.1, 0.15) is 5.75 Å². The average molecular weight is 534 g/mol. The highest BCUT2D eigenvalue weighted by Gasteiger charge is 2.21. The van der Waals surface area contributed by atoms with Crippen molar-refractivity contribution in [2.45, 2.75) is 39.3 Å². The molecule has 0 radical (unpaired) electrons. The Bertz CT molecular complexity index is 1520. The van der Waals surface area contributed by atoms with Gasteiger partial charge in [-0.3, -0.25) is 14.7 Å². The highest BCUT2D eigenvalue weighted by molar-refractivity contribution is 5.92. The minimum absolute atomic E-state index is 0.228. The summed E-state index contributed by atoms with van der Waals surface area (Å²) in [5.74, 6) is 1.22. The molecule has 1 amide bonds. The van der Waals surface area contributed by atoms with Gasteiger partial charge in [0.05, 0.1) is 17.2 Å². The van der Waals surface area contributed by atoms with Gasteiger partial charge in [-0.25, -0.2) is 4.98 Å². The number of pyridine rings is 1. The van der Waals surface area contributed by atoms with Crippen LogP contribution in [0, 0.1) is 25.2 Å². The van der Waals surface area contributed by atoms with Gasteiger partial charge in [-0.05, 0) is 85.3 Å². The molecule has 0 bridgehead atoms. The summed E-state index contributed by atoms with van der Waals surface area (Å²) in [6.45, 7) is 6.53. The van der Waals surface area contributed by atoms with Gasteiger partial charge in [-0.2, -0.15) is 10.2 Å². The number of likely N-dealkylation sites (tertiary alicyclic amines) is 1. The van der Waals surface area contributed by atoms with Crippen molar-refractivity contribution in [2.75, 3.05) is 18.4 Å². The third-order valence-corrected chi connectivity index (χ3v) is 7.10. The van der Waals surface area contributed by atoms with Crippen LogP contribution in [0.3, 0.4) is 0 Å². The number of carbonyl (C=O) groups excluding carboxylic acids is 1. The van der Waals surface area contributed by atoms with Crippen LogP contribution in [0.25, 0.3) is 11.1 Å². The number of amides is 1. The molecule has 0 unspecified atom stereocenters. The van der Waals surface area contributed by atoms with E-state index in [2.05, 4.69) is 26.3 Å². The molecular weight excluding hydrogens is 502 g/mol. The fourth-order valence-corrected chi connectivity index (χ4v) is 4.97. The van der Waals surface area contributed by atoms with E-state index in [0.717, 1.165) is 60.3 Å². The number of piperidine rings is 1. The third-order valence-electron chi connectivity index (χ3n) is 7.10. The lowest BCUT2D eigenvalue weighted by molar-refractivity contribution is 0.1000. The van der Waals surface area contributed by atoms with Crippen molar-refractivity contribution in [3.8, 4) is 28.8 Å². The van der Waals surface area contributed by atoms with Crippen LogP contribution in [0.1, 0.15) is 45.5 Å². The normalized spacial score (nSPS) is 13.9. The first kappa shape index (κ1) is 26.8. The number of carbonyl (C=O) groups is 1. The minimum Gasteiger partial charge on any atom is -0.438 e. The number of benzene rings is 2. The van der Waals surface area contributed by atoms with Crippen LogP contribution < -0.4 is 15.8 Å². The van der Waals surface area contributed by atoms with Gasteiger partial charge in [0.15, 0.2) is 0 Å². The molecule has 0 aliphatic carbocycles. The van der Waals surface area contributed by atoms with Gasteiger partial charge in [-0.15, -0.1) is 0 Å². The smallest absolute Gasteiger partial charge is 0.248 e. The van der Waals surface area contributed by atoms with Crippen LogP contribution in [-0.2, 0) is 6.54 Å². The number of aryl methyl sites for hydroxylation is 2. The van der Waals surface area contributed by atoms with E-state index < -0.39 is 5.91 Å². The summed E-state index contributed by atoms with van der Waals surface area (Å²) in [5, 5.41) is 12.8. The molecule has 9 heteroatoms. The standard InChI is InChI=1S/C31H31N7O2/c1-20-15-23(17-32)16-21(2)28(20)40-30-27(24-7-11-34-12-8-24)18-35-31(37-30)36-26-9-13-38(14-10-26)19-22-3-5-25(6-4-22)29(33)39/h3-8,11-12,15-16,18,26H,9-10,13-14,19H2,1-2H3,(H2,33,39)(H,35,36,37). The molecule has 2 aromatic carbocycles. The molecule has 1 saturated heterocycles. The number of primary amides is 1. The molecule has 1 aliphatic rings. The molecule has 3 heterocycles. The van der Waals surface area contributed by atoms with Crippen molar-refractivity contribution in [2.24, 2.45) is 5.73 Å². The molecule has 2 aromatic heterocycles. The van der Waals surface area contributed by atoms with Crippen molar-refractivity contribution in [3.63, 3.8) is 0 Å². The maximum Gasteiger partial charge on any atom is 0.248 e. The number of nitrogens with zero attached hydrogens (tertiary/aromatic N) is 5. The molecular formula is C31H31N7O2. The van der Waals surface area contributed by atoms with Gasteiger partial charge < -0.3 is 15.8 Å². The number of ether oxygens (including phenoxy) is 1. The summed E-state index contributed by atoms with van der Waals surface area (Å²) in [5.41, 5.74) is 11.0. The van der Waals surface area contributed by atoms with E-state index in [1.807, 2.05) is 50.2 Å². The predicted octanol–water partition coefficient (Wildman–Crippen LogP) is 4.99. The Hall–Kier alpha value is -4.81. The summed E-state index contributed by atoms with van der Waals surface area (Å²) in [7, 11) is 0. The third kappa shape index (κ3) is 6.25. The maximum absolute atomic E-state index is 11.3. The summed E-state index contributed by atoms with van der Waals surface area (Å²) >= 11 is 0. The number of aromatic nitrogens is 3. The van der Waals surface area contributed by atoms with Gasteiger partial charge in [0.25, 0.3) is 0 Å². The average Bonchev–Trinajstić information content (AvgIpc) is 2.97. The van der Waals surface area contributed by atoms with E-state index in [0.29, 0.717) is 28.7 Å². The summed E-state index contributed by atoms with van der Waals surface area (Å²) in [6.07, 6.45) is 7.11. The van der Waals surface area contributed by atoms with Crippen molar-refractivity contribution in [3.05, 3.63) is 94.9 Å². The molecule has 0 atom stereocenters. The van der Waals surface area contributed by atoms with Crippen LogP contribution in [0.5, 0.6) is 11.6 Å². The molecule has 202 valence electrons. The van der Waals surface area contributed by atoms with Crippen LogP contribution >= 0.6 is 0 Å². The number of nitriles is 1. The summed E-state index contributed by atoms with van der Waals surface area (Å²) < 4.78 is 6.40. The monoisotopic (exact) mass is 533 g/mol. The fourth-order valence-electron chi connectivity index (χ4n) is 4.97. The second kappa shape index (κ2) is 11.9. The highest BCUT2D eigenvalue weighted by Crippen LogP contribution is 2.35. The Morgan fingerprint density at radius 1 is 1.10 bits per heavy atom. The number of anilines is 1. The molecule has 3 N–H and O–H groups in total. The van der Waals surface area contributed by atoms with E-state index in [9.17, 15) is 10.1 Å². The van der Waals surface area contributed by atoms with Crippen molar-refractivity contribution in [1.82, 2.24) is 19.9 Å². The van der Waals surface area contributed by atoms with Gasteiger partial charge >= 0.3 is 0 Å². The predicted molar refractivity (Wildman–Crippen MR) is 153 cm³/mol. The zero-order valence-electron chi connectivity index (χ0n) is 22.6. The molecule has 4 aromatic rings. The molecule has 1 fully saturated rings. The topological polar surface area (TPSA) is 130 Å². The Morgan fingerprint density at radius 2 is 1.77 bits per heavy atom. The van der Waals surface area contributed by atoms with Crippen molar-refractivity contribution < 1.29 is 9.53 Å². The number of nitrogens with two attached hydrogens (primary N) is 1. The number of hydrogen-bond donors (Lipinski definition) is 2. The molecule has 0 saturated carbocycles. The first-order chi connectivity index (χ1) is 19.4. The van der Waals surface area contributed by atoms with E-state index >= 15 is 0 Å².